The zero-order chi connectivity index (χ0) is 23.9. The third kappa shape index (κ3) is 3.93. The van der Waals surface area contributed by atoms with Gasteiger partial charge in [0.15, 0.2) is 0 Å². The van der Waals surface area contributed by atoms with Crippen LogP contribution < -0.4 is 21.2 Å². The van der Waals surface area contributed by atoms with E-state index in [1.54, 1.807) is 31.4 Å². The smallest absolute Gasteiger partial charge is 0.316 e. The summed E-state index contributed by atoms with van der Waals surface area (Å²) >= 11 is 0. The Bertz CT molecular complexity index is 1460. The van der Waals surface area contributed by atoms with Crippen molar-refractivity contribution in [1.82, 2.24) is 13.4 Å². The number of amides is 1. The van der Waals surface area contributed by atoms with Crippen LogP contribution in [-0.4, -0.2) is 47.5 Å². The summed E-state index contributed by atoms with van der Waals surface area (Å²) in [6.45, 7) is 0.202. The highest BCUT2D eigenvalue weighted by Crippen LogP contribution is 2.28. The SMILES string of the molecule is COc1ccc(NC(=O)C2CCCN2S(=O)(=O)c2ccc3c(c2)n(C)c(=O)c(=O)n3C)cc1. The summed E-state index contributed by atoms with van der Waals surface area (Å²) in [4.78, 5) is 37.1. The number of sulfonamides is 1. The number of carbonyl (C=O) groups excluding carboxylic acids is 1. The molecule has 2 heterocycles. The van der Waals surface area contributed by atoms with E-state index in [4.69, 9.17) is 4.74 Å². The van der Waals surface area contributed by atoms with Gasteiger partial charge in [-0.1, -0.05) is 0 Å². The van der Waals surface area contributed by atoms with Crippen molar-refractivity contribution in [2.24, 2.45) is 14.1 Å². The van der Waals surface area contributed by atoms with Crippen LogP contribution >= 0.6 is 0 Å². The van der Waals surface area contributed by atoms with E-state index in [0.717, 1.165) is 4.57 Å². The molecule has 1 saturated heterocycles. The van der Waals surface area contributed by atoms with Gasteiger partial charge in [0.05, 0.1) is 23.0 Å². The van der Waals surface area contributed by atoms with Crippen LogP contribution in [0.5, 0.6) is 5.75 Å². The van der Waals surface area contributed by atoms with E-state index >= 15 is 0 Å². The second-order valence-electron chi connectivity index (χ2n) is 7.87. The van der Waals surface area contributed by atoms with E-state index in [1.165, 1.54) is 41.2 Å². The van der Waals surface area contributed by atoms with Gasteiger partial charge in [0.2, 0.25) is 15.9 Å². The van der Waals surface area contributed by atoms with Crippen molar-refractivity contribution in [3.8, 4) is 5.75 Å². The number of rotatable bonds is 5. The molecule has 0 aliphatic carbocycles. The molecule has 10 nitrogen and oxygen atoms in total. The topological polar surface area (TPSA) is 120 Å². The number of benzene rings is 2. The summed E-state index contributed by atoms with van der Waals surface area (Å²) in [5, 5.41) is 2.76. The first-order valence-electron chi connectivity index (χ1n) is 10.3. The van der Waals surface area contributed by atoms with Gasteiger partial charge in [0.25, 0.3) is 0 Å². The van der Waals surface area contributed by atoms with Gasteiger partial charge in [-0.2, -0.15) is 4.31 Å². The predicted octanol–water partition coefficient (Wildman–Crippen LogP) is 1.04. The third-order valence-electron chi connectivity index (χ3n) is 5.93. The van der Waals surface area contributed by atoms with Crippen LogP contribution in [0.1, 0.15) is 12.8 Å². The molecule has 1 amide bonds. The lowest BCUT2D eigenvalue weighted by Gasteiger charge is -2.24. The Balaban J connectivity index is 1.67. The van der Waals surface area contributed by atoms with Crippen LogP contribution in [0.25, 0.3) is 11.0 Å². The van der Waals surface area contributed by atoms with Gasteiger partial charge in [0.1, 0.15) is 11.8 Å². The molecular weight excluding hydrogens is 448 g/mol. The van der Waals surface area contributed by atoms with Crippen LogP contribution in [0.2, 0.25) is 0 Å². The molecule has 1 atom stereocenters. The Morgan fingerprint density at radius 2 is 1.64 bits per heavy atom. The van der Waals surface area contributed by atoms with Crippen LogP contribution in [0.3, 0.4) is 0 Å². The van der Waals surface area contributed by atoms with Gasteiger partial charge in [-0.05, 0) is 55.3 Å². The zero-order valence-corrected chi connectivity index (χ0v) is 19.3. The minimum Gasteiger partial charge on any atom is -0.497 e. The first-order chi connectivity index (χ1) is 15.6. The minimum absolute atomic E-state index is 0.0483. The molecule has 1 aliphatic rings. The number of nitrogens with one attached hydrogen (secondary N) is 1. The summed E-state index contributed by atoms with van der Waals surface area (Å²) in [6.07, 6.45) is 0.933. The Morgan fingerprint density at radius 1 is 1.00 bits per heavy atom. The second kappa shape index (κ2) is 8.49. The highest BCUT2D eigenvalue weighted by atomic mass is 32.2. The quantitative estimate of drug-likeness (QED) is 0.554. The van der Waals surface area contributed by atoms with Crippen molar-refractivity contribution in [2.45, 2.75) is 23.8 Å². The molecule has 33 heavy (non-hydrogen) atoms. The maximum Gasteiger partial charge on any atom is 0.316 e. The Hall–Kier alpha value is -3.44. The Kier molecular flexibility index (Phi) is 5.85. The molecule has 4 rings (SSSR count). The van der Waals surface area contributed by atoms with Gasteiger partial charge in [-0.15, -0.1) is 0 Å². The number of hydrogen-bond acceptors (Lipinski definition) is 6. The van der Waals surface area contributed by atoms with E-state index in [-0.39, 0.29) is 11.4 Å². The molecular formula is C22H24N4O6S. The minimum atomic E-state index is -4.03. The molecule has 2 aromatic carbocycles. The number of aromatic nitrogens is 2. The monoisotopic (exact) mass is 472 g/mol. The maximum atomic E-state index is 13.5. The van der Waals surface area contributed by atoms with Gasteiger partial charge in [-0.3, -0.25) is 14.4 Å². The van der Waals surface area contributed by atoms with Crippen LogP contribution in [0.4, 0.5) is 5.69 Å². The zero-order valence-electron chi connectivity index (χ0n) is 18.4. The molecule has 1 fully saturated rings. The van der Waals surface area contributed by atoms with Crippen molar-refractivity contribution in [2.75, 3.05) is 19.0 Å². The fourth-order valence-electron chi connectivity index (χ4n) is 4.05. The van der Waals surface area contributed by atoms with Gasteiger partial charge < -0.3 is 19.2 Å². The fraction of sp³-hybridized carbons (Fsp3) is 0.318. The summed E-state index contributed by atoms with van der Waals surface area (Å²) < 4.78 is 35.5. The fourth-order valence-corrected chi connectivity index (χ4v) is 5.72. The summed E-state index contributed by atoms with van der Waals surface area (Å²) in [5.41, 5.74) is -0.183. The number of ether oxygens (including phenoxy) is 1. The summed E-state index contributed by atoms with van der Waals surface area (Å²) in [6, 6.07) is 10.1. The predicted molar refractivity (Wildman–Crippen MR) is 123 cm³/mol. The van der Waals surface area contributed by atoms with E-state index in [1.807, 2.05) is 0 Å². The molecule has 174 valence electrons. The maximum absolute atomic E-state index is 13.5. The van der Waals surface area contributed by atoms with Gasteiger partial charge >= 0.3 is 11.1 Å². The second-order valence-corrected chi connectivity index (χ2v) is 9.76. The first-order valence-corrected chi connectivity index (χ1v) is 11.8. The van der Waals surface area contributed by atoms with E-state index in [0.29, 0.717) is 35.3 Å². The first kappa shape index (κ1) is 22.7. The largest absolute Gasteiger partial charge is 0.497 e. The van der Waals surface area contributed by atoms with E-state index < -0.39 is 33.1 Å². The van der Waals surface area contributed by atoms with Crippen LogP contribution in [0, 0.1) is 0 Å². The number of carbonyl (C=O) groups is 1. The van der Waals surface area contributed by atoms with Gasteiger partial charge in [-0.25, -0.2) is 8.42 Å². The molecule has 1 unspecified atom stereocenters. The third-order valence-corrected chi connectivity index (χ3v) is 7.84. The van der Waals surface area contributed by atoms with Crippen LogP contribution in [-0.2, 0) is 28.9 Å². The lowest BCUT2D eigenvalue weighted by atomic mass is 10.2. The van der Waals surface area contributed by atoms with Crippen molar-refractivity contribution < 1.29 is 17.9 Å². The number of aryl methyl sites for hydroxylation is 2. The highest BCUT2D eigenvalue weighted by molar-refractivity contribution is 7.89. The Morgan fingerprint density at radius 3 is 2.27 bits per heavy atom. The van der Waals surface area contributed by atoms with Crippen molar-refractivity contribution >= 4 is 32.7 Å². The number of methoxy groups -OCH3 is 1. The average molecular weight is 473 g/mol. The normalized spacial score (nSPS) is 16.8. The molecule has 1 aromatic heterocycles. The summed E-state index contributed by atoms with van der Waals surface area (Å²) in [5.74, 6) is 0.220. The number of nitrogens with zero attached hydrogens (tertiary/aromatic N) is 3. The number of anilines is 1. The van der Waals surface area contributed by atoms with E-state index in [9.17, 15) is 22.8 Å². The average Bonchev–Trinajstić information content (AvgIpc) is 3.32. The molecule has 0 spiro atoms. The molecule has 0 radical (unpaired) electrons. The molecule has 0 bridgehead atoms. The molecule has 11 heteroatoms. The Labute approximate surface area is 190 Å². The molecule has 1 aliphatic heterocycles. The van der Waals surface area contributed by atoms with Crippen molar-refractivity contribution in [3.63, 3.8) is 0 Å². The number of fused-ring (bicyclic) bond motifs is 1. The van der Waals surface area contributed by atoms with E-state index in [2.05, 4.69) is 5.32 Å². The van der Waals surface area contributed by atoms with Crippen molar-refractivity contribution in [3.05, 3.63) is 63.2 Å². The van der Waals surface area contributed by atoms with Crippen molar-refractivity contribution in [1.29, 1.82) is 0 Å². The molecule has 0 saturated carbocycles. The highest BCUT2D eigenvalue weighted by Gasteiger charge is 2.39. The van der Waals surface area contributed by atoms with Crippen LogP contribution in [0.15, 0.2) is 56.9 Å². The molecule has 1 N–H and O–H groups in total. The van der Waals surface area contributed by atoms with Gasteiger partial charge in [0, 0.05) is 26.3 Å². The lowest BCUT2D eigenvalue weighted by molar-refractivity contribution is -0.119. The standard InChI is InChI=1S/C22H24N4O6S/c1-24-17-11-10-16(13-19(17)25(2)22(29)21(24)28)33(30,31)26-12-4-5-18(26)20(27)23-14-6-8-15(32-3)9-7-14/h6-11,13,18H,4-5,12H2,1-3H3,(H,23,27). The number of hydrogen-bond donors (Lipinski definition) is 1. The lowest BCUT2D eigenvalue weighted by Crippen LogP contribution is -2.43. The molecule has 3 aromatic rings. The summed E-state index contributed by atoms with van der Waals surface area (Å²) in [7, 11) is 0.389.